The monoisotopic (exact) mass is 422 g/mol. The molecule has 0 saturated heterocycles. The lowest BCUT2D eigenvalue weighted by Crippen LogP contribution is -2.01. The number of benzene rings is 3. The van der Waals surface area contributed by atoms with Gasteiger partial charge in [0.05, 0.1) is 19.4 Å². The van der Waals surface area contributed by atoms with Gasteiger partial charge in [-0.25, -0.2) is 0 Å². The fraction of sp³-hybridized carbons (Fsp3) is 0.136. The molecule has 5 heteroatoms. The van der Waals surface area contributed by atoms with Crippen LogP contribution in [-0.2, 0) is 6.42 Å². The summed E-state index contributed by atoms with van der Waals surface area (Å²) < 4.78 is 12.2. The van der Waals surface area contributed by atoms with Crippen LogP contribution in [0.1, 0.15) is 5.56 Å². The standard InChI is InChI=1S/C22H19BrN2O2/c1-26-22-14-21(24-25-22)18-4-2-3-15(11-18)9-10-27-20-8-6-16-12-19(23)7-5-17(16)13-20/h2-8,11-14H,9-10H2,1H3,(H,24,25). The number of ether oxygens (including phenoxy) is 2. The molecule has 27 heavy (non-hydrogen) atoms. The quantitative estimate of drug-likeness (QED) is 0.438. The predicted molar refractivity (Wildman–Crippen MR) is 111 cm³/mol. The van der Waals surface area contributed by atoms with Crippen molar-refractivity contribution in [2.45, 2.75) is 6.42 Å². The molecule has 4 rings (SSSR count). The minimum absolute atomic E-state index is 0.585. The molecule has 4 nitrogen and oxygen atoms in total. The summed E-state index contributed by atoms with van der Waals surface area (Å²) in [6.07, 6.45) is 0.831. The topological polar surface area (TPSA) is 47.1 Å². The first kappa shape index (κ1) is 17.6. The van der Waals surface area contributed by atoms with Gasteiger partial charge in [-0.2, -0.15) is 0 Å². The fourth-order valence-corrected chi connectivity index (χ4v) is 3.40. The first-order valence-electron chi connectivity index (χ1n) is 8.72. The molecule has 0 fully saturated rings. The summed E-state index contributed by atoms with van der Waals surface area (Å²) in [6, 6.07) is 22.7. The number of hydrogen-bond donors (Lipinski definition) is 1. The molecule has 0 spiro atoms. The van der Waals surface area contributed by atoms with Crippen molar-refractivity contribution in [1.29, 1.82) is 0 Å². The van der Waals surface area contributed by atoms with E-state index >= 15 is 0 Å². The van der Waals surface area contributed by atoms with Gasteiger partial charge in [0.1, 0.15) is 5.75 Å². The number of nitrogens with zero attached hydrogens (tertiary/aromatic N) is 1. The van der Waals surface area contributed by atoms with E-state index in [1.165, 1.54) is 16.3 Å². The Morgan fingerprint density at radius 3 is 2.67 bits per heavy atom. The van der Waals surface area contributed by atoms with E-state index in [1.54, 1.807) is 7.11 Å². The Labute approximate surface area is 166 Å². The van der Waals surface area contributed by atoms with Crippen molar-refractivity contribution >= 4 is 26.7 Å². The highest BCUT2D eigenvalue weighted by molar-refractivity contribution is 9.10. The van der Waals surface area contributed by atoms with E-state index in [4.69, 9.17) is 9.47 Å². The Bertz CT molecular complexity index is 1070. The van der Waals surface area contributed by atoms with Crippen LogP contribution >= 0.6 is 15.9 Å². The van der Waals surface area contributed by atoms with Crippen molar-refractivity contribution in [1.82, 2.24) is 10.2 Å². The zero-order valence-electron chi connectivity index (χ0n) is 14.9. The summed E-state index contributed by atoms with van der Waals surface area (Å²) in [7, 11) is 1.61. The molecule has 4 aromatic rings. The molecule has 1 heterocycles. The number of halogens is 1. The number of rotatable bonds is 6. The summed E-state index contributed by atoms with van der Waals surface area (Å²) in [5.41, 5.74) is 3.24. The molecule has 0 amide bonds. The highest BCUT2D eigenvalue weighted by atomic mass is 79.9. The maximum absolute atomic E-state index is 5.96. The SMILES string of the molecule is COc1cc(-c2cccc(CCOc3ccc4cc(Br)ccc4c3)c2)[nH]n1. The molecule has 0 atom stereocenters. The zero-order valence-corrected chi connectivity index (χ0v) is 16.5. The first-order chi connectivity index (χ1) is 13.2. The number of aromatic nitrogens is 2. The van der Waals surface area contributed by atoms with E-state index in [2.05, 4.69) is 68.6 Å². The number of nitrogens with one attached hydrogen (secondary N) is 1. The second-order valence-electron chi connectivity index (χ2n) is 6.28. The highest BCUT2D eigenvalue weighted by Gasteiger charge is 2.05. The second-order valence-corrected chi connectivity index (χ2v) is 7.19. The zero-order chi connectivity index (χ0) is 18.6. The summed E-state index contributed by atoms with van der Waals surface area (Å²) >= 11 is 3.50. The normalized spacial score (nSPS) is 10.9. The highest BCUT2D eigenvalue weighted by Crippen LogP contribution is 2.25. The van der Waals surface area contributed by atoms with E-state index in [0.717, 1.165) is 27.9 Å². The lowest BCUT2D eigenvalue weighted by molar-refractivity contribution is 0.322. The van der Waals surface area contributed by atoms with Crippen LogP contribution in [0.15, 0.2) is 71.2 Å². The molecule has 0 unspecified atom stereocenters. The summed E-state index contributed by atoms with van der Waals surface area (Å²) in [5.74, 6) is 1.47. The van der Waals surface area contributed by atoms with Crippen LogP contribution < -0.4 is 9.47 Å². The third-order valence-corrected chi connectivity index (χ3v) is 4.93. The van der Waals surface area contributed by atoms with Gasteiger partial charge in [0, 0.05) is 17.0 Å². The molecular formula is C22H19BrN2O2. The van der Waals surface area contributed by atoms with E-state index in [-0.39, 0.29) is 0 Å². The lowest BCUT2D eigenvalue weighted by atomic mass is 10.1. The Morgan fingerprint density at radius 2 is 1.81 bits per heavy atom. The van der Waals surface area contributed by atoms with Gasteiger partial charge < -0.3 is 9.47 Å². The first-order valence-corrected chi connectivity index (χ1v) is 9.51. The largest absolute Gasteiger partial charge is 0.493 e. The van der Waals surface area contributed by atoms with Crippen molar-refractivity contribution < 1.29 is 9.47 Å². The summed E-state index contributed by atoms with van der Waals surface area (Å²) in [5, 5.41) is 9.46. The van der Waals surface area contributed by atoms with Crippen LogP contribution in [0.4, 0.5) is 0 Å². The molecule has 0 bridgehead atoms. The maximum atomic E-state index is 5.96. The van der Waals surface area contributed by atoms with Crippen molar-refractivity contribution in [3.8, 4) is 22.9 Å². The number of hydrogen-bond acceptors (Lipinski definition) is 3. The molecule has 3 aromatic carbocycles. The van der Waals surface area contributed by atoms with Crippen LogP contribution in [0.5, 0.6) is 11.6 Å². The third-order valence-electron chi connectivity index (χ3n) is 4.43. The van der Waals surface area contributed by atoms with Crippen molar-refractivity contribution in [2.24, 2.45) is 0 Å². The van der Waals surface area contributed by atoms with Crippen LogP contribution in [0.2, 0.25) is 0 Å². The third kappa shape index (κ3) is 4.14. The van der Waals surface area contributed by atoms with Crippen LogP contribution in [-0.4, -0.2) is 23.9 Å². The van der Waals surface area contributed by atoms with Crippen molar-refractivity contribution in [2.75, 3.05) is 13.7 Å². The van der Waals surface area contributed by atoms with E-state index in [1.807, 2.05) is 24.3 Å². The smallest absolute Gasteiger partial charge is 0.232 e. The Morgan fingerprint density at radius 1 is 0.963 bits per heavy atom. The second kappa shape index (κ2) is 7.84. The average molecular weight is 423 g/mol. The van der Waals surface area contributed by atoms with Crippen LogP contribution in [0.3, 0.4) is 0 Å². The molecule has 1 N–H and O–H groups in total. The van der Waals surface area contributed by atoms with Gasteiger partial charge in [-0.1, -0.05) is 46.3 Å². The van der Waals surface area contributed by atoms with E-state index < -0.39 is 0 Å². The Balaban J connectivity index is 1.41. The average Bonchev–Trinajstić information content (AvgIpc) is 3.18. The molecule has 136 valence electrons. The Kier molecular flexibility index (Phi) is 5.12. The van der Waals surface area contributed by atoms with Gasteiger partial charge in [0.2, 0.25) is 5.88 Å². The minimum atomic E-state index is 0.585. The summed E-state index contributed by atoms with van der Waals surface area (Å²) in [6.45, 7) is 0.623. The molecule has 0 aliphatic carbocycles. The maximum Gasteiger partial charge on any atom is 0.232 e. The molecule has 0 aliphatic heterocycles. The van der Waals surface area contributed by atoms with E-state index in [0.29, 0.717) is 12.5 Å². The molecule has 0 radical (unpaired) electrons. The van der Waals surface area contributed by atoms with Gasteiger partial charge >= 0.3 is 0 Å². The minimum Gasteiger partial charge on any atom is -0.493 e. The molecule has 1 aromatic heterocycles. The fourth-order valence-electron chi connectivity index (χ4n) is 3.02. The van der Waals surface area contributed by atoms with Gasteiger partial charge in [0.25, 0.3) is 0 Å². The van der Waals surface area contributed by atoms with E-state index in [9.17, 15) is 0 Å². The van der Waals surface area contributed by atoms with Gasteiger partial charge in [-0.05, 0) is 52.2 Å². The summed E-state index contributed by atoms with van der Waals surface area (Å²) in [4.78, 5) is 0. The molecular weight excluding hydrogens is 404 g/mol. The molecule has 0 aliphatic rings. The van der Waals surface area contributed by atoms with Gasteiger partial charge in [-0.3, -0.25) is 5.10 Å². The number of fused-ring (bicyclic) bond motifs is 1. The van der Waals surface area contributed by atoms with Gasteiger partial charge in [0.15, 0.2) is 0 Å². The number of H-pyrrole nitrogens is 1. The van der Waals surface area contributed by atoms with Crippen molar-refractivity contribution in [3.05, 3.63) is 76.8 Å². The number of aromatic amines is 1. The number of methoxy groups -OCH3 is 1. The predicted octanol–water partition coefficient (Wildman–Crippen LogP) is 5.62. The van der Waals surface area contributed by atoms with Crippen molar-refractivity contribution in [3.63, 3.8) is 0 Å². The van der Waals surface area contributed by atoms with Crippen LogP contribution in [0, 0.1) is 0 Å². The van der Waals surface area contributed by atoms with Gasteiger partial charge in [-0.15, -0.1) is 5.10 Å². The molecule has 0 saturated carbocycles. The van der Waals surface area contributed by atoms with Crippen LogP contribution in [0.25, 0.3) is 22.0 Å². The Hall–Kier alpha value is -2.79. The lowest BCUT2D eigenvalue weighted by Gasteiger charge is -2.08.